The minimum Gasteiger partial charge on any atom is -0.494 e. The fraction of sp³-hybridized carbons (Fsp3) is 0.265. The van der Waals surface area contributed by atoms with Gasteiger partial charge < -0.3 is 25.6 Å². The van der Waals surface area contributed by atoms with Gasteiger partial charge in [0, 0.05) is 28.3 Å². The van der Waals surface area contributed by atoms with E-state index in [-0.39, 0.29) is 56.2 Å². The van der Waals surface area contributed by atoms with Gasteiger partial charge in [-0.25, -0.2) is 14.4 Å². The Morgan fingerprint density at radius 3 is 2.61 bits per heavy atom. The summed E-state index contributed by atoms with van der Waals surface area (Å²) in [5, 5.41) is 19.9. The van der Waals surface area contributed by atoms with E-state index in [0.717, 1.165) is 25.0 Å². The van der Waals surface area contributed by atoms with Crippen LogP contribution in [0.3, 0.4) is 0 Å². The summed E-state index contributed by atoms with van der Waals surface area (Å²) in [6.07, 6.45) is 3.87. The second-order valence-corrected chi connectivity index (χ2v) is 13.0. The summed E-state index contributed by atoms with van der Waals surface area (Å²) in [6, 6.07) is 11.0. The molecule has 0 radical (unpaired) electrons. The van der Waals surface area contributed by atoms with Gasteiger partial charge in [0.1, 0.15) is 40.5 Å². The fourth-order valence-corrected chi connectivity index (χ4v) is 6.29. The third kappa shape index (κ3) is 5.51. The number of pyridine rings is 2. The highest BCUT2D eigenvalue weighted by atomic mass is 35.5. The third-order valence-corrected chi connectivity index (χ3v) is 9.83. The van der Waals surface area contributed by atoms with Crippen LogP contribution in [0.15, 0.2) is 54.7 Å². The number of rotatable bonds is 9. The lowest BCUT2D eigenvalue weighted by molar-refractivity contribution is -0.123. The van der Waals surface area contributed by atoms with E-state index in [4.69, 9.17) is 38.4 Å². The normalized spacial score (nSPS) is 18.1. The molecule has 7 rings (SSSR count). The zero-order valence-electron chi connectivity index (χ0n) is 26.1. The number of aliphatic hydroxyl groups is 1. The molecule has 1 aliphatic carbocycles. The van der Waals surface area contributed by atoms with Crippen LogP contribution in [-0.4, -0.2) is 56.9 Å². The Kier molecular flexibility index (Phi) is 7.96. The van der Waals surface area contributed by atoms with Crippen LogP contribution >= 0.6 is 23.2 Å². The quantitative estimate of drug-likeness (QED) is 0.139. The Morgan fingerprint density at radius 2 is 1.92 bits per heavy atom. The van der Waals surface area contributed by atoms with Crippen molar-refractivity contribution in [1.82, 2.24) is 25.1 Å². The number of nitrogens with zero attached hydrogens (tertiary/aromatic N) is 4. The van der Waals surface area contributed by atoms with E-state index < -0.39 is 41.1 Å². The standard InChI is InChI=1S/C34H28Cl2F2N6O5/c1-33(32(39)46)15-49-30-20(33)12-24(42-29(30)19-8-9-21(37)27(36)26(19)35)34(47,23-4-3-5-25(38)41-23)14-40-31(45)16-10-17-13-44(18-6-7-18)43-28(17)22(11-16)48-2/h3-5,8-13,18,47H,6-7,14-15H2,1-2H3,(H2,39,46)(H,40,45)/t33-,34+/m0/s1. The molecule has 2 atom stereocenters. The molecule has 1 saturated carbocycles. The van der Waals surface area contributed by atoms with Gasteiger partial charge in [-0.05, 0) is 62.2 Å². The van der Waals surface area contributed by atoms with E-state index >= 15 is 0 Å². The summed E-state index contributed by atoms with van der Waals surface area (Å²) >= 11 is 12.6. The molecule has 49 heavy (non-hydrogen) atoms. The maximum absolute atomic E-state index is 14.6. The van der Waals surface area contributed by atoms with E-state index in [1.54, 1.807) is 13.0 Å². The zero-order chi connectivity index (χ0) is 34.8. The van der Waals surface area contributed by atoms with Crippen molar-refractivity contribution in [3.05, 3.63) is 99.1 Å². The number of hydrogen-bond acceptors (Lipinski definition) is 8. The second kappa shape index (κ2) is 11.9. The monoisotopic (exact) mass is 708 g/mol. The van der Waals surface area contributed by atoms with Crippen molar-refractivity contribution >= 4 is 45.9 Å². The molecule has 1 fully saturated rings. The van der Waals surface area contributed by atoms with E-state index in [0.29, 0.717) is 22.7 Å². The molecule has 2 aliphatic rings. The van der Waals surface area contributed by atoms with Crippen LogP contribution < -0.4 is 20.5 Å². The van der Waals surface area contributed by atoms with Crippen LogP contribution in [0.1, 0.15) is 53.1 Å². The molecule has 5 aromatic rings. The Hall–Kier alpha value is -4.85. The molecule has 15 heteroatoms. The second-order valence-electron chi connectivity index (χ2n) is 12.3. The summed E-state index contributed by atoms with van der Waals surface area (Å²) in [4.78, 5) is 35.0. The molecule has 0 unspecified atom stereocenters. The third-order valence-electron chi connectivity index (χ3n) is 8.97. The van der Waals surface area contributed by atoms with Crippen LogP contribution in [0.4, 0.5) is 8.78 Å². The van der Waals surface area contributed by atoms with E-state index in [9.17, 15) is 23.5 Å². The smallest absolute Gasteiger partial charge is 0.251 e. The van der Waals surface area contributed by atoms with Crippen molar-refractivity contribution in [3.63, 3.8) is 0 Å². The van der Waals surface area contributed by atoms with Gasteiger partial charge in [-0.1, -0.05) is 29.3 Å². The maximum Gasteiger partial charge on any atom is 0.251 e. The Morgan fingerprint density at radius 1 is 1.14 bits per heavy atom. The number of aromatic nitrogens is 4. The molecule has 1 aliphatic heterocycles. The average Bonchev–Trinajstić information content (AvgIpc) is 3.76. The lowest BCUT2D eigenvalue weighted by Gasteiger charge is -2.29. The first-order valence-corrected chi connectivity index (χ1v) is 15.9. The summed E-state index contributed by atoms with van der Waals surface area (Å²) in [5.74, 6) is -2.56. The van der Waals surface area contributed by atoms with Gasteiger partial charge in [-0.3, -0.25) is 14.3 Å². The van der Waals surface area contributed by atoms with Gasteiger partial charge in [0.25, 0.3) is 5.91 Å². The number of fused-ring (bicyclic) bond motifs is 2. The zero-order valence-corrected chi connectivity index (χ0v) is 27.6. The number of hydrogen-bond donors (Lipinski definition) is 3. The Bertz CT molecular complexity index is 2190. The molecule has 0 spiro atoms. The summed E-state index contributed by atoms with van der Waals surface area (Å²) in [7, 11) is 1.47. The highest BCUT2D eigenvalue weighted by Crippen LogP contribution is 2.48. The molecule has 2 aromatic carbocycles. The van der Waals surface area contributed by atoms with Gasteiger partial charge in [0.05, 0.1) is 41.1 Å². The summed E-state index contributed by atoms with van der Waals surface area (Å²) in [6.45, 7) is 0.794. The maximum atomic E-state index is 14.6. The first-order valence-electron chi connectivity index (χ1n) is 15.2. The van der Waals surface area contributed by atoms with Gasteiger partial charge in [-0.15, -0.1) is 0 Å². The van der Waals surface area contributed by atoms with Gasteiger partial charge in [-0.2, -0.15) is 9.49 Å². The summed E-state index contributed by atoms with van der Waals surface area (Å²) < 4.78 is 42.2. The average molecular weight is 710 g/mol. The number of benzene rings is 2. The first kappa shape index (κ1) is 32.7. The molecule has 2 amide bonds. The van der Waals surface area contributed by atoms with Crippen LogP contribution in [0.25, 0.3) is 22.2 Å². The number of carbonyl (C=O) groups excluding carboxylic acids is 2. The Balaban J connectivity index is 1.35. The van der Waals surface area contributed by atoms with E-state index in [1.807, 2.05) is 10.9 Å². The predicted molar refractivity (Wildman–Crippen MR) is 176 cm³/mol. The van der Waals surface area contributed by atoms with Crippen molar-refractivity contribution in [2.24, 2.45) is 5.73 Å². The van der Waals surface area contributed by atoms with Gasteiger partial charge in [0.2, 0.25) is 11.9 Å². The highest BCUT2D eigenvalue weighted by Gasteiger charge is 2.46. The van der Waals surface area contributed by atoms with Crippen molar-refractivity contribution in [3.8, 4) is 22.8 Å². The number of nitrogens with one attached hydrogen (secondary N) is 1. The van der Waals surface area contributed by atoms with Crippen molar-refractivity contribution in [1.29, 1.82) is 0 Å². The topological polar surface area (TPSA) is 154 Å². The van der Waals surface area contributed by atoms with Crippen LogP contribution in [0.5, 0.6) is 11.5 Å². The number of carbonyl (C=O) groups is 2. The minimum absolute atomic E-state index is 0.00612. The van der Waals surface area contributed by atoms with Crippen molar-refractivity contribution in [2.45, 2.75) is 36.8 Å². The van der Waals surface area contributed by atoms with Crippen LogP contribution in [0.2, 0.25) is 10.0 Å². The lowest BCUT2D eigenvalue weighted by atomic mass is 9.81. The largest absolute Gasteiger partial charge is 0.494 e. The van der Waals surface area contributed by atoms with E-state index in [1.165, 1.54) is 37.4 Å². The number of halogens is 4. The minimum atomic E-state index is -2.32. The molecule has 4 heterocycles. The van der Waals surface area contributed by atoms with Crippen molar-refractivity contribution < 1.29 is 33.0 Å². The molecule has 252 valence electrons. The van der Waals surface area contributed by atoms with Crippen LogP contribution in [0, 0.1) is 11.8 Å². The molecular formula is C34H28Cl2F2N6O5. The molecule has 3 aromatic heterocycles. The predicted octanol–water partition coefficient (Wildman–Crippen LogP) is 5.22. The van der Waals surface area contributed by atoms with E-state index in [2.05, 4.69) is 20.4 Å². The number of nitrogens with two attached hydrogens (primary N) is 1. The molecule has 0 saturated heterocycles. The number of amides is 2. The van der Waals surface area contributed by atoms with Crippen LogP contribution in [-0.2, 0) is 15.8 Å². The molecule has 4 N–H and O–H groups in total. The van der Waals surface area contributed by atoms with Gasteiger partial charge in [0.15, 0.2) is 5.60 Å². The highest BCUT2D eigenvalue weighted by molar-refractivity contribution is 6.43. The molecule has 11 nitrogen and oxygen atoms in total. The lowest BCUT2D eigenvalue weighted by Crippen LogP contribution is -2.44. The number of primary amides is 1. The number of ether oxygens (including phenoxy) is 2. The summed E-state index contributed by atoms with van der Waals surface area (Å²) in [5.41, 5.74) is 2.84. The number of methoxy groups -OCH3 is 1. The van der Waals surface area contributed by atoms with Gasteiger partial charge >= 0.3 is 0 Å². The molecule has 0 bridgehead atoms. The SMILES string of the molecule is COc1cc(C(=O)NC[C@@](O)(c2cccc(F)n2)c2cc3c(c(-c4ccc(F)c(Cl)c4Cl)n2)OC[C@]3(C)C(N)=O)cc2cn(C3CC3)nc12. The fourth-order valence-electron chi connectivity index (χ4n) is 5.89. The first-order chi connectivity index (χ1) is 23.3. The van der Waals surface area contributed by atoms with Crippen molar-refractivity contribution in [2.75, 3.05) is 20.3 Å². The Labute approximate surface area is 288 Å². The molecular weight excluding hydrogens is 681 g/mol.